The van der Waals surface area contributed by atoms with Crippen LogP contribution in [0.25, 0.3) is 17.1 Å². The van der Waals surface area contributed by atoms with Crippen LogP contribution < -0.4 is 4.74 Å². The summed E-state index contributed by atoms with van der Waals surface area (Å²) in [5.41, 5.74) is 2.80. The van der Waals surface area contributed by atoms with E-state index in [-0.39, 0.29) is 5.69 Å². The van der Waals surface area contributed by atoms with Gasteiger partial charge in [0, 0.05) is 17.8 Å². The molecule has 2 aromatic carbocycles. The summed E-state index contributed by atoms with van der Waals surface area (Å²) in [6.45, 7) is 4.49. The smallest absolute Gasteiger partial charge is 0.356 e. The number of carbonyl (C=O) groups is 1. The molecule has 24 heavy (non-hydrogen) atoms. The quantitative estimate of drug-likeness (QED) is 0.772. The number of benzene rings is 2. The third kappa shape index (κ3) is 3.15. The standard InChI is InChI=1S/C19H18N2O3/c1-3-24-16-6-4-5-15(11-16)21-12-17(19(22)23)20-18(21)14-9-7-13(2)8-10-14/h4-12H,3H2,1-2H3,(H,22,23). The lowest BCUT2D eigenvalue weighted by Crippen LogP contribution is -1.98. The fourth-order valence-electron chi connectivity index (χ4n) is 2.48. The molecule has 1 heterocycles. The molecule has 0 atom stereocenters. The summed E-state index contributed by atoms with van der Waals surface area (Å²) in [7, 11) is 0. The Morgan fingerprint density at radius 3 is 2.62 bits per heavy atom. The molecule has 0 radical (unpaired) electrons. The molecule has 1 N–H and O–H groups in total. The average Bonchev–Trinajstić information content (AvgIpc) is 3.02. The van der Waals surface area contributed by atoms with Crippen LogP contribution in [0, 0.1) is 6.92 Å². The zero-order valence-electron chi connectivity index (χ0n) is 13.6. The van der Waals surface area contributed by atoms with Crippen molar-refractivity contribution in [2.45, 2.75) is 13.8 Å². The molecular formula is C19H18N2O3. The van der Waals surface area contributed by atoms with Crippen molar-refractivity contribution in [3.63, 3.8) is 0 Å². The molecule has 1 aromatic heterocycles. The fraction of sp³-hybridized carbons (Fsp3) is 0.158. The normalized spacial score (nSPS) is 10.6. The average molecular weight is 322 g/mol. The number of aromatic nitrogens is 2. The number of aryl methyl sites for hydroxylation is 1. The Morgan fingerprint density at radius 2 is 1.96 bits per heavy atom. The summed E-state index contributed by atoms with van der Waals surface area (Å²) in [5.74, 6) is 0.263. The SMILES string of the molecule is CCOc1cccc(-n2cc(C(=O)O)nc2-c2ccc(C)cc2)c1. The number of carboxylic acid groups (broad SMARTS) is 1. The highest BCUT2D eigenvalue weighted by Gasteiger charge is 2.16. The number of carboxylic acids is 1. The monoisotopic (exact) mass is 322 g/mol. The van der Waals surface area contributed by atoms with Gasteiger partial charge in [0.15, 0.2) is 5.69 Å². The lowest BCUT2D eigenvalue weighted by atomic mass is 10.1. The second kappa shape index (κ2) is 6.58. The van der Waals surface area contributed by atoms with Gasteiger partial charge < -0.3 is 9.84 Å². The van der Waals surface area contributed by atoms with E-state index in [2.05, 4.69) is 4.98 Å². The topological polar surface area (TPSA) is 64.3 Å². The molecule has 0 fully saturated rings. The minimum Gasteiger partial charge on any atom is -0.494 e. The lowest BCUT2D eigenvalue weighted by molar-refractivity contribution is 0.0691. The Hall–Kier alpha value is -3.08. The van der Waals surface area contributed by atoms with Crippen molar-refractivity contribution >= 4 is 5.97 Å². The summed E-state index contributed by atoms with van der Waals surface area (Å²) in [6, 6.07) is 15.3. The largest absolute Gasteiger partial charge is 0.494 e. The molecule has 0 unspecified atom stereocenters. The van der Waals surface area contributed by atoms with E-state index >= 15 is 0 Å². The molecule has 0 saturated carbocycles. The molecule has 0 bridgehead atoms. The van der Waals surface area contributed by atoms with Gasteiger partial charge in [0.25, 0.3) is 0 Å². The number of rotatable bonds is 5. The first-order valence-corrected chi connectivity index (χ1v) is 7.71. The molecule has 0 aliphatic carbocycles. The van der Waals surface area contributed by atoms with E-state index in [9.17, 15) is 9.90 Å². The first kappa shape index (κ1) is 15.8. The Bertz CT molecular complexity index is 867. The van der Waals surface area contributed by atoms with Crippen LogP contribution >= 0.6 is 0 Å². The minimum atomic E-state index is -1.05. The molecule has 5 nitrogen and oxygen atoms in total. The van der Waals surface area contributed by atoms with Crippen molar-refractivity contribution in [3.05, 3.63) is 66.0 Å². The van der Waals surface area contributed by atoms with Gasteiger partial charge in [-0.3, -0.25) is 4.57 Å². The first-order valence-electron chi connectivity index (χ1n) is 7.71. The molecule has 5 heteroatoms. The Balaban J connectivity index is 2.14. The van der Waals surface area contributed by atoms with E-state index in [1.807, 2.05) is 62.4 Å². The maximum atomic E-state index is 11.4. The van der Waals surface area contributed by atoms with Gasteiger partial charge in [-0.25, -0.2) is 9.78 Å². The summed E-state index contributed by atoms with van der Waals surface area (Å²) in [6.07, 6.45) is 1.53. The number of imidazole rings is 1. The van der Waals surface area contributed by atoms with Crippen LogP contribution in [-0.2, 0) is 0 Å². The number of hydrogen-bond acceptors (Lipinski definition) is 3. The minimum absolute atomic E-state index is 0.00684. The molecule has 0 aliphatic heterocycles. The van der Waals surface area contributed by atoms with Gasteiger partial charge in [-0.1, -0.05) is 35.9 Å². The highest BCUT2D eigenvalue weighted by molar-refractivity contribution is 5.86. The van der Waals surface area contributed by atoms with E-state index in [1.165, 1.54) is 6.20 Å². The van der Waals surface area contributed by atoms with E-state index in [0.717, 1.165) is 22.6 Å². The van der Waals surface area contributed by atoms with Gasteiger partial charge in [0.1, 0.15) is 11.6 Å². The molecule has 0 spiro atoms. The van der Waals surface area contributed by atoms with Crippen LogP contribution in [0.15, 0.2) is 54.7 Å². The maximum absolute atomic E-state index is 11.4. The van der Waals surface area contributed by atoms with Crippen molar-refractivity contribution in [1.82, 2.24) is 9.55 Å². The number of nitrogens with zero attached hydrogens (tertiary/aromatic N) is 2. The molecule has 122 valence electrons. The Labute approximate surface area is 140 Å². The number of ether oxygens (including phenoxy) is 1. The van der Waals surface area contributed by atoms with Crippen molar-refractivity contribution in [2.24, 2.45) is 0 Å². The van der Waals surface area contributed by atoms with Crippen LogP contribution in [0.3, 0.4) is 0 Å². The first-order chi connectivity index (χ1) is 11.6. The molecule has 0 saturated heterocycles. The number of aromatic carboxylic acids is 1. The third-order valence-electron chi connectivity index (χ3n) is 3.64. The molecule has 3 rings (SSSR count). The highest BCUT2D eigenvalue weighted by atomic mass is 16.5. The van der Waals surface area contributed by atoms with Gasteiger partial charge in [0.05, 0.1) is 12.3 Å². The third-order valence-corrected chi connectivity index (χ3v) is 3.64. The predicted octanol–water partition coefficient (Wildman–Crippen LogP) is 3.94. The lowest BCUT2D eigenvalue weighted by Gasteiger charge is -2.10. The molecule has 0 amide bonds. The van der Waals surface area contributed by atoms with Gasteiger partial charge in [-0.15, -0.1) is 0 Å². The fourth-order valence-corrected chi connectivity index (χ4v) is 2.48. The number of hydrogen-bond donors (Lipinski definition) is 1. The Morgan fingerprint density at radius 1 is 1.21 bits per heavy atom. The van der Waals surface area contributed by atoms with Crippen LogP contribution in [0.4, 0.5) is 0 Å². The van der Waals surface area contributed by atoms with Gasteiger partial charge in [-0.05, 0) is 26.0 Å². The zero-order valence-corrected chi connectivity index (χ0v) is 13.6. The van der Waals surface area contributed by atoms with Crippen LogP contribution in [-0.4, -0.2) is 27.2 Å². The van der Waals surface area contributed by atoms with E-state index < -0.39 is 5.97 Å². The summed E-state index contributed by atoms with van der Waals surface area (Å²) in [5, 5.41) is 9.30. The molecule has 0 aliphatic rings. The van der Waals surface area contributed by atoms with Crippen molar-refractivity contribution in [3.8, 4) is 22.8 Å². The van der Waals surface area contributed by atoms with E-state index in [1.54, 1.807) is 4.57 Å². The summed E-state index contributed by atoms with van der Waals surface area (Å²) < 4.78 is 7.31. The van der Waals surface area contributed by atoms with Gasteiger partial charge in [-0.2, -0.15) is 0 Å². The highest BCUT2D eigenvalue weighted by Crippen LogP contribution is 2.25. The molecular weight excluding hydrogens is 304 g/mol. The van der Waals surface area contributed by atoms with Crippen LogP contribution in [0.1, 0.15) is 23.0 Å². The molecule has 3 aromatic rings. The van der Waals surface area contributed by atoms with Crippen LogP contribution in [0.2, 0.25) is 0 Å². The zero-order chi connectivity index (χ0) is 17.1. The Kier molecular flexibility index (Phi) is 4.33. The van der Waals surface area contributed by atoms with Gasteiger partial charge in [0.2, 0.25) is 0 Å². The second-order valence-corrected chi connectivity index (χ2v) is 5.42. The van der Waals surface area contributed by atoms with Crippen molar-refractivity contribution in [2.75, 3.05) is 6.61 Å². The summed E-state index contributed by atoms with van der Waals surface area (Å²) >= 11 is 0. The second-order valence-electron chi connectivity index (χ2n) is 5.42. The van der Waals surface area contributed by atoms with Crippen LogP contribution in [0.5, 0.6) is 5.75 Å². The van der Waals surface area contributed by atoms with Crippen molar-refractivity contribution < 1.29 is 14.6 Å². The van der Waals surface area contributed by atoms with Gasteiger partial charge >= 0.3 is 5.97 Å². The summed E-state index contributed by atoms with van der Waals surface area (Å²) in [4.78, 5) is 15.6. The maximum Gasteiger partial charge on any atom is 0.356 e. The van der Waals surface area contributed by atoms with E-state index in [4.69, 9.17) is 4.74 Å². The predicted molar refractivity (Wildman–Crippen MR) is 91.9 cm³/mol. The van der Waals surface area contributed by atoms with Crippen molar-refractivity contribution in [1.29, 1.82) is 0 Å². The van der Waals surface area contributed by atoms with E-state index in [0.29, 0.717) is 12.4 Å².